The van der Waals surface area contributed by atoms with Gasteiger partial charge >= 0.3 is 0 Å². The molecule has 0 saturated heterocycles. The van der Waals surface area contributed by atoms with Crippen LogP contribution < -0.4 is 11.1 Å². The minimum absolute atomic E-state index is 0.0175. The lowest BCUT2D eigenvalue weighted by atomic mass is 10.00. The lowest BCUT2D eigenvalue weighted by molar-refractivity contribution is -0.122. The van der Waals surface area contributed by atoms with E-state index in [1.807, 2.05) is 19.1 Å². The van der Waals surface area contributed by atoms with E-state index in [-0.39, 0.29) is 11.9 Å². The van der Waals surface area contributed by atoms with Gasteiger partial charge in [0.15, 0.2) is 0 Å². The van der Waals surface area contributed by atoms with Gasteiger partial charge in [-0.15, -0.1) is 0 Å². The SMILES string of the molecule is CCN(CC(=O)NC)C(CN)c1ccccc1C. The molecule has 4 heteroatoms. The van der Waals surface area contributed by atoms with Crippen LogP contribution in [0.3, 0.4) is 0 Å². The van der Waals surface area contributed by atoms with Crippen molar-refractivity contribution in [3.63, 3.8) is 0 Å². The van der Waals surface area contributed by atoms with Crippen molar-refractivity contribution >= 4 is 5.91 Å². The highest BCUT2D eigenvalue weighted by Gasteiger charge is 2.20. The van der Waals surface area contributed by atoms with Crippen LogP contribution in [0.2, 0.25) is 0 Å². The summed E-state index contributed by atoms with van der Waals surface area (Å²) in [7, 11) is 1.65. The van der Waals surface area contributed by atoms with Gasteiger partial charge in [-0.2, -0.15) is 0 Å². The van der Waals surface area contributed by atoms with Gasteiger partial charge in [0, 0.05) is 19.6 Å². The van der Waals surface area contributed by atoms with E-state index in [2.05, 4.69) is 29.3 Å². The summed E-state index contributed by atoms with van der Waals surface area (Å²) in [6, 6.07) is 8.28. The Kier molecular flexibility index (Phi) is 5.82. The molecule has 1 atom stereocenters. The third-order valence-electron chi connectivity index (χ3n) is 3.24. The quantitative estimate of drug-likeness (QED) is 0.792. The molecular weight excluding hydrogens is 226 g/mol. The van der Waals surface area contributed by atoms with Crippen LogP contribution in [-0.2, 0) is 4.79 Å². The summed E-state index contributed by atoms with van der Waals surface area (Å²) in [5.74, 6) is 0.0175. The summed E-state index contributed by atoms with van der Waals surface area (Å²) in [6.45, 7) is 5.80. The number of carbonyl (C=O) groups is 1. The van der Waals surface area contributed by atoms with E-state index in [1.54, 1.807) is 7.05 Å². The van der Waals surface area contributed by atoms with Crippen molar-refractivity contribution in [1.82, 2.24) is 10.2 Å². The predicted octanol–water partition coefficient (Wildman–Crippen LogP) is 1.06. The first kappa shape index (κ1) is 14.7. The minimum atomic E-state index is 0.0175. The molecule has 3 N–H and O–H groups in total. The molecule has 0 spiro atoms. The second-order valence-corrected chi connectivity index (χ2v) is 4.34. The molecule has 4 nitrogen and oxygen atoms in total. The highest BCUT2D eigenvalue weighted by atomic mass is 16.1. The summed E-state index contributed by atoms with van der Waals surface area (Å²) in [6.07, 6.45) is 0. The van der Waals surface area contributed by atoms with Crippen LogP contribution in [0.1, 0.15) is 24.1 Å². The molecule has 0 aromatic heterocycles. The molecule has 0 radical (unpaired) electrons. The normalized spacial score (nSPS) is 12.5. The zero-order chi connectivity index (χ0) is 13.5. The molecule has 100 valence electrons. The third-order valence-corrected chi connectivity index (χ3v) is 3.24. The van der Waals surface area contributed by atoms with E-state index < -0.39 is 0 Å². The van der Waals surface area contributed by atoms with Crippen molar-refractivity contribution in [1.29, 1.82) is 0 Å². The molecule has 0 fully saturated rings. The van der Waals surface area contributed by atoms with E-state index in [4.69, 9.17) is 5.73 Å². The Morgan fingerprint density at radius 2 is 2.11 bits per heavy atom. The van der Waals surface area contributed by atoms with Crippen molar-refractivity contribution in [3.8, 4) is 0 Å². The van der Waals surface area contributed by atoms with Gasteiger partial charge in [0.25, 0.3) is 0 Å². The van der Waals surface area contributed by atoms with Gasteiger partial charge in [-0.1, -0.05) is 31.2 Å². The van der Waals surface area contributed by atoms with E-state index >= 15 is 0 Å². The summed E-state index contributed by atoms with van der Waals surface area (Å²) in [4.78, 5) is 13.6. The average molecular weight is 249 g/mol. The fraction of sp³-hybridized carbons (Fsp3) is 0.500. The van der Waals surface area contributed by atoms with E-state index in [9.17, 15) is 4.79 Å². The van der Waals surface area contributed by atoms with Crippen LogP contribution in [-0.4, -0.2) is 37.5 Å². The first-order chi connectivity index (χ1) is 8.63. The predicted molar refractivity (Wildman–Crippen MR) is 74.3 cm³/mol. The fourth-order valence-electron chi connectivity index (χ4n) is 2.14. The number of aryl methyl sites for hydroxylation is 1. The Balaban J connectivity index is 2.93. The molecule has 18 heavy (non-hydrogen) atoms. The van der Waals surface area contributed by atoms with Crippen molar-refractivity contribution in [2.24, 2.45) is 5.73 Å². The third kappa shape index (κ3) is 3.55. The summed E-state index contributed by atoms with van der Waals surface area (Å²) < 4.78 is 0. The molecule has 0 aliphatic rings. The standard InChI is InChI=1S/C14H23N3O/c1-4-17(10-14(18)16-3)13(9-15)12-8-6-5-7-11(12)2/h5-8,13H,4,9-10,15H2,1-3H3,(H,16,18). The van der Waals surface area contributed by atoms with Crippen molar-refractivity contribution in [2.75, 3.05) is 26.7 Å². The Bertz CT molecular complexity index is 392. The van der Waals surface area contributed by atoms with E-state index in [0.29, 0.717) is 13.1 Å². The molecule has 0 aliphatic carbocycles. The largest absolute Gasteiger partial charge is 0.358 e. The van der Waals surface area contributed by atoms with Crippen molar-refractivity contribution in [2.45, 2.75) is 19.9 Å². The average Bonchev–Trinajstić information content (AvgIpc) is 2.40. The molecule has 1 aromatic carbocycles. The Morgan fingerprint density at radius 3 is 2.61 bits per heavy atom. The number of likely N-dealkylation sites (N-methyl/N-ethyl adjacent to an activating group) is 2. The van der Waals surface area contributed by atoms with Gasteiger partial charge in [0.2, 0.25) is 5.91 Å². The molecule has 1 aromatic rings. The van der Waals surface area contributed by atoms with Gasteiger partial charge in [0.1, 0.15) is 0 Å². The first-order valence-corrected chi connectivity index (χ1v) is 6.34. The van der Waals surface area contributed by atoms with Crippen molar-refractivity contribution < 1.29 is 4.79 Å². The van der Waals surface area contributed by atoms with Crippen LogP contribution in [0.15, 0.2) is 24.3 Å². The van der Waals surface area contributed by atoms with Crippen LogP contribution >= 0.6 is 0 Å². The molecule has 0 aliphatic heterocycles. The van der Waals surface area contributed by atoms with Gasteiger partial charge in [-0.25, -0.2) is 0 Å². The smallest absolute Gasteiger partial charge is 0.233 e. The highest BCUT2D eigenvalue weighted by Crippen LogP contribution is 2.22. The fourth-order valence-corrected chi connectivity index (χ4v) is 2.14. The number of amides is 1. The van der Waals surface area contributed by atoms with Gasteiger partial charge in [-0.05, 0) is 24.6 Å². The zero-order valence-corrected chi connectivity index (χ0v) is 11.4. The summed E-state index contributed by atoms with van der Waals surface area (Å²) >= 11 is 0. The number of benzene rings is 1. The van der Waals surface area contributed by atoms with Gasteiger partial charge in [-0.3, -0.25) is 9.69 Å². The second-order valence-electron chi connectivity index (χ2n) is 4.34. The Morgan fingerprint density at radius 1 is 1.44 bits per heavy atom. The molecule has 1 rings (SSSR count). The highest BCUT2D eigenvalue weighted by molar-refractivity contribution is 5.77. The lowest BCUT2D eigenvalue weighted by Gasteiger charge is -2.30. The molecule has 0 heterocycles. The summed E-state index contributed by atoms with van der Waals surface area (Å²) in [5, 5.41) is 2.65. The maximum atomic E-state index is 11.5. The Hall–Kier alpha value is -1.39. The number of nitrogens with zero attached hydrogens (tertiary/aromatic N) is 1. The molecule has 1 amide bonds. The number of nitrogens with two attached hydrogens (primary N) is 1. The van der Waals surface area contributed by atoms with Crippen LogP contribution in [0, 0.1) is 6.92 Å². The monoisotopic (exact) mass is 249 g/mol. The molecule has 0 bridgehead atoms. The number of hydrogen-bond donors (Lipinski definition) is 2. The number of carbonyl (C=O) groups excluding carboxylic acids is 1. The van der Waals surface area contributed by atoms with Crippen LogP contribution in [0.4, 0.5) is 0 Å². The molecule has 1 unspecified atom stereocenters. The second kappa shape index (κ2) is 7.13. The summed E-state index contributed by atoms with van der Waals surface area (Å²) in [5.41, 5.74) is 8.31. The Labute approximate surface area is 109 Å². The van der Waals surface area contributed by atoms with Crippen LogP contribution in [0.5, 0.6) is 0 Å². The first-order valence-electron chi connectivity index (χ1n) is 6.34. The van der Waals surface area contributed by atoms with E-state index in [1.165, 1.54) is 11.1 Å². The van der Waals surface area contributed by atoms with Gasteiger partial charge in [0.05, 0.1) is 6.54 Å². The van der Waals surface area contributed by atoms with Crippen LogP contribution in [0.25, 0.3) is 0 Å². The minimum Gasteiger partial charge on any atom is -0.358 e. The maximum absolute atomic E-state index is 11.5. The van der Waals surface area contributed by atoms with Gasteiger partial charge < -0.3 is 11.1 Å². The maximum Gasteiger partial charge on any atom is 0.233 e. The number of hydrogen-bond acceptors (Lipinski definition) is 3. The van der Waals surface area contributed by atoms with Crippen molar-refractivity contribution in [3.05, 3.63) is 35.4 Å². The topological polar surface area (TPSA) is 58.4 Å². The number of nitrogens with one attached hydrogen (secondary N) is 1. The van der Waals surface area contributed by atoms with E-state index in [0.717, 1.165) is 6.54 Å². The zero-order valence-electron chi connectivity index (χ0n) is 11.4. The molecular formula is C14H23N3O. The molecule has 0 saturated carbocycles. The number of rotatable bonds is 6. The lowest BCUT2D eigenvalue weighted by Crippen LogP contribution is -2.40.